The van der Waals surface area contributed by atoms with Crippen molar-refractivity contribution < 1.29 is 9.53 Å². The minimum Gasteiger partial charge on any atom is -0.383 e. The lowest BCUT2D eigenvalue weighted by molar-refractivity contribution is 0.0958. The summed E-state index contributed by atoms with van der Waals surface area (Å²) in [5.74, 6) is -0.187. The van der Waals surface area contributed by atoms with Crippen molar-refractivity contribution in [2.24, 2.45) is 0 Å². The average Bonchev–Trinajstić information content (AvgIpc) is 2.34. The van der Waals surface area contributed by atoms with Crippen LogP contribution in [0.1, 0.15) is 17.4 Å². The van der Waals surface area contributed by atoms with Gasteiger partial charge in [0.05, 0.1) is 6.61 Å². The number of hydrogen-bond donors (Lipinski definition) is 2. The molecule has 88 valence electrons. The molecule has 1 aromatic heterocycles. The summed E-state index contributed by atoms with van der Waals surface area (Å²) in [4.78, 5) is 15.3. The van der Waals surface area contributed by atoms with E-state index in [-0.39, 0.29) is 5.91 Å². The van der Waals surface area contributed by atoms with Crippen molar-refractivity contribution in [3.05, 3.63) is 24.0 Å². The highest BCUT2D eigenvalue weighted by molar-refractivity contribution is 5.92. The molecule has 1 aromatic rings. The molecule has 1 heterocycles. The Kier molecular flexibility index (Phi) is 5.28. The third-order valence-corrected chi connectivity index (χ3v) is 2.00. The van der Waals surface area contributed by atoms with Gasteiger partial charge in [-0.2, -0.15) is 0 Å². The Hall–Kier alpha value is -1.62. The molecule has 0 aliphatic rings. The number of carbonyl (C=O) groups is 1. The van der Waals surface area contributed by atoms with Crippen molar-refractivity contribution in [2.45, 2.75) is 6.92 Å². The number of nitrogens with zero attached hydrogens (tertiary/aromatic N) is 1. The van der Waals surface area contributed by atoms with E-state index in [0.717, 1.165) is 5.69 Å². The number of ether oxygens (including phenoxy) is 1. The summed E-state index contributed by atoms with van der Waals surface area (Å²) in [6, 6.07) is 3.53. The van der Waals surface area contributed by atoms with Gasteiger partial charge >= 0.3 is 0 Å². The van der Waals surface area contributed by atoms with Crippen LogP contribution >= 0.6 is 0 Å². The maximum absolute atomic E-state index is 11.3. The van der Waals surface area contributed by atoms with Gasteiger partial charge in [-0.15, -0.1) is 0 Å². The van der Waals surface area contributed by atoms with Gasteiger partial charge in [0.15, 0.2) is 0 Å². The summed E-state index contributed by atoms with van der Waals surface area (Å²) in [6.07, 6.45) is 1.60. The summed E-state index contributed by atoms with van der Waals surface area (Å²) in [5, 5.41) is 5.68. The smallest absolute Gasteiger partial charge is 0.269 e. The highest BCUT2D eigenvalue weighted by Gasteiger charge is 2.04. The molecule has 1 amide bonds. The Labute approximate surface area is 95.2 Å². The molecule has 0 fully saturated rings. The highest BCUT2D eigenvalue weighted by Crippen LogP contribution is 2.07. The van der Waals surface area contributed by atoms with Crippen LogP contribution in [-0.4, -0.2) is 37.7 Å². The maximum Gasteiger partial charge on any atom is 0.269 e. The predicted molar refractivity (Wildman–Crippen MR) is 62.6 cm³/mol. The largest absolute Gasteiger partial charge is 0.383 e. The number of nitrogens with one attached hydrogen (secondary N) is 2. The van der Waals surface area contributed by atoms with Gasteiger partial charge in [-0.3, -0.25) is 9.78 Å². The summed E-state index contributed by atoms with van der Waals surface area (Å²) in [6.45, 7) is 4.02. The van der Waals surface area contributed by atoms with E-state index >= 15 is 0 Å². The molecular formula is C11H17N3O2. The first-order chi connectivity index (χ1) is 7.77. The van der Waals surface area contributed by atoms with Crippen LogP contribution in [0.4, 0.5) is 5.69 Å². The molecule has 0 aliphatic carbocycles. The van der Waals surface area contributed by atoms with Crippen LogP contribution < -0.4 is 10.6 Å². The molecule has 0 spiro atoms. The fraction of sp³-hybridized carbons (Fsp3) is 0.455. The fourth-order valence-corrected chi connectivity index (χ4v) is 1.20. The molecule has 0 radical (unpaired) electrons. The number of anilines is 1. The summed E-state index contributed by atoms with van der Waals surface area (Å²) in [5.41, 5.74) is 1.28. The molecule has 2 N–H and O–H groups in total. The first kappa shape index (κ1) is 12.4. The fourth-order valence-electron chi connectivity index (χ4n) is 1.20. The zero-order valence-corrected chi connectivity index (χ0v) is 9.62. The molecule has 5 heteroatoms. The minimum absolute atomic E-state index is 0.187. The molecule has 16 heavy (non-hydrogen) atoms. The van der Waals surface area contributed by atoms with Gasteiger partial charge in [-0.05, 0) is 19.1 Å². The van der Waals surface area contributed by atoms with Crippen LogP contribution in [-0.2, 0) is 4.74 Å². The Morgan fingerprint density at radius 3 is 3.06 bits per heavy atom. The average molecular weight is 223 g/mol. The minimum atomic E-state index is -0.187. The number of hydrogen-bond acceptors (Lipinski definition) is 4. The first-order valence-corrected chi connectivity index (χ1v) is 5.27. The van der Waals surface area contributed by atoms with Crippen molar-refractivity contribution in [1.29, 1.82) is 0 Å². The van der Waals surface area contributed by atoms with Gasteiger partial charge in [-0.1, -0.05) is 0 Å². The van der Waals surface area contributed by atoms with Crippen molar-refractivity contribution in [2.75, 3.05) is 32.1 Å². The van der Waals surface area contributed by atoms with E-state index in [9.17, 15) is 4.79 Å². The van der Waals surface area contributed by atoms with E-state index < -0.39 is 0 Å². The Morgan fingerprint density at radius 2 is 2.38 bits per heavy atom. The van der Waals surface area contributed by atoms with Crippen LogP contribution in [0.15, 0.2) is 18.3 Å². The van der Waals surface area contributed by atoms with Gasteiger partial charge in [-0.25, -0.2) is 0 Å². The summed E-state index contributed by atoms with van der Waals surface area (Å²) < 4.78 is 5.20. The van der Waals surface area contributed by atoms with Crippen LogP contribution in [0.3, 0.4) is 0 Å². The van der Waals surface area contributed by atoms with Gasteiger partial charge in [0.2, 0.25) is 0 Å². The zero-order chi connectivity index (χ0) is 11.8. The number of pyridine rings is 1. The Morgan fingerprint density at radius 1 is 1.56 bits per heavy atom. The topological polar surface area (TPSA) is 63.2 Å². The standard InChI is InChI=1S/C11H17N3O2/c1-3-16-7-6-13-9-4-5-14-10(8-9)11(15)12-2/h4-5,8H,3,6-7H2,1-2H3,(H,12,15)(H,13,14). The first-order valence-electron chi connectivity index (χ1n) is 5.27. The van der Waals surface area contributed by atoms with E-state index in [1.165, 1.54) is 0 Å². The van der Waals surface area contributed by atoms with Crippen molar-refractivity contribution in [3.8, 4) is 0 Å². The van der Waals surface area contributed by atoms with E-state index in [4.69, 9.17) is 4.74 Å². The molecular weight excluding hydrogens is 206 g/mol. The molecule has 0 aliphatic heterocycles. The molecule has 0 bridgehead atoms. The van der Waals surface area contributed by atoms with Gasteiger partial charge < -0.3 is 15.4 Å². The second-order valence-electron chi connectivity index (χ2n) is 3.13. The maximum atomic E-state index is 11.3. The second-order valence-corrected chi connectivity index (χ2v) is 3.13. The molecule has 0 atom stereocenters. The lowest BCUT2D eigenvalue weighted by atomic mass is 10.3. The van der Waals surface area contributed by atoms with E-state index in [2.05, 4.69) is 15.6 Å². The summed E-state index contributed by atoms with van der Waals surface area (Å²) >= 11 is 0. The molecule has 0 saturated carbocycles. The van der Waals surface area contributed by atoms with E-state index in [0.29, 0.717) is 25.5 Å². The predicted octanol–water partition coefficient (Wildman–Crippen LogP) is 0.890. The van der Waals surface area contributed by atoms with Crippen molar-refractivity contribution >= 4 is 11.6 Å². The number of carbonyl (C=O) groups excluding carboxylic acids is 1. The molecule has 5 nitrogen and oxygen atoms in total. The zero-order valence-electron chi connectivity index (χ0n) is 9.62. The van der Waals surface area contributed by atoms with Crippen molar-refractivity contribution in [3.63, 3.8) is 0 Å². The lowest BCUT2D eigenvalue weighted by Crippen LogP contribution is -2.19. The highest BCUT2D eigenvalue weighted by atomic mass is 16.5. The lowest BCUT2D eigenvalue weighted by Gasteiger charge is -2.07. The van der Waals surface area contributed by atoms with Gasteiger partial charge in [0.25, 0.3) is 5.91 Å². The van der Waals surface area contributed by atoms with Crippen LogP contribution in [0.5, 0.6) is 0 Å². The van der Waals surface area contributed by atoms with Gasteiger partial charge in [0.1, 0.15) is 5.69 Å². The summed E-state index contributed by atoms with van der Waals surface area (Å²) in [7, 11) is 1.58. The molecule has 0 saturated heterocycles. The molecule has 0 unspecified atom stereocenters. The SMILES string of the molecule is CCOCCNc1ccnc(C(=O)NC)c1. The number of aromatic nitrogens is 1. The van der Waals surface area contributed by atoms with E-state index in [1.807, 2.05) is 13.0 Å². The van der Waals surface area contributed by atoms with Crippen LogP contribution in [0, 0.1) is 0 Å². The molecule has 1 rings (SSSR count). The molecule has 0 aromatic carbocycles. The third-order valence-electron chi connectivity index (χ3n) is 2.00. The second kappa shape index (κ2) is 6.79. The quantitative estimate of drug-likeness (QED) is 0.703. The van der Waals surface area contributed by atoms with Crippen LogP contribution in [0.25, 0.3) is 0 Å². The van der Waals surface area contributed by atoms with Gasteiger partial charge in [0, 0.05) is 32.1 Å². The van der Waals surface area contributed by atoms with Crippen LogP contribution in [0.2, 0.25) is 0 Å². The normalized spacial score (nSPS) is 9.88. The number of amides is 1. The van der Waals surface area contributed by atoms with Crippen molar-refractivity contribution in [1.82, 2.24) is 10.3 Å². The third kappa shape index (κ3) is 3.86. The monoisotopic (exact) mass is 223 g/mol. The Balaban J connectivity index is 2.50. The van der Waals surface area contributed by atoms with E-state index in [1.54, 1.807) is 19.3 Å². The Bertz CT molecular complexity index is 342. The number of rotatable bonds is 6.